The van der Waals surface area contributed by atoms with Crippen molar-refractivity contribution in [2.45, 2.75) is 25.8 Å². The number of nitrogens with zero attached hydrogens (tertiary/aromatic N) is 5. The number of thiazole rings is 1. The molecule has 4 rings (SSSR count). The van der Waals surface area contributed by atoms with E-state index in [9.17, 15) is 0 Å². The molecule has 0 bridgehead atoms. The molecule has 152 valence electrons. The number of para-hydroxylation sites is 1. The van der Waals surface area contributed by atoms with E-state index in [1.807, 2.05) is 11.6 Å². The maximum atomic E-state index is 6.32. The molecule has 0 spiro atoms. The van der Waals surface area contributed by atoms with Crippen molar-refractivity contribution >= 4 is 52.1 Å². The van der Waals surface area contributed by atoms with Crippen LogP contribution in [0.25, 0.3) is 0 Å². The molecule has 2 N–H and O–H groups in total. The highest BCUT2D eigenvalue weighted by Crippen LogP contribution is 2.25. The predicted molar refractivity (Wildman–Crippen MR) is 129 cm³/mol. The molecule has 1 aromatic carbocycles. The van der Waals surface area contributed by atoms with Gasteiger partial charge in [-0.15, -0.1) is 35.3 Å². The van der Waals surface area contributed by atoms with Crippen molar-refractivity contribution in [3.05, 3.63) is 41.4 Å². The summed E-state index contributed by atoms with van der Waals surface area (Å²) in [5.41, 5.74) is 8.91. The molecule has 0 radical (unpaired) electrons. The van der Waals surface area contributed by atoms with Gasteiger partial charge in [0.05, 0.1) is 6.54 Å². The number of nitrogens with two attached hydrogens (primary N) is 1. The van der Waals surface area contributed by atoms with Crippen molar-refractivity contribution in [3.63, 3.8) is 0 Å². The molecule has 0 unspecified atom stereocenters. The monoisotopic (exact) mass is 512 g/mol. The Hall–Kier alpha value is -1.55. The Labute approximate surface area is 188 Å². The van der Waals surface area contributed by atoms with Crippen molar-refractivity contribution in [2.75, 3.05) is 49.1 Å². The molecule has 3 heterocycles. The third-order valence-corrected chi connectivity index (χ3v) is 6.23. The Morgan fingerprint density at radius 2 is 1.75 bits per heavy atom. The summed E-state index contributed by atoms with van der Waals surface area (Å²) in [6, 6.07) is 8.62. The normalized spacial score (nSPS) is 18.1. The summed E-state index contributed by atoms with van der Waals surface area (Å²) >= 11 is 1.69. The van der Waals surface area contributed by atoms with Crippen LogP contribution in [0.5, 0.6) is 0 Å². The number of anilines is 2. The van der Waals surface area contributed by atoms with E-state index < -0.39 is 0 Å². The fraction of sp³-hybridized carbons (Fsp3) is 0.500. The van der Waals surface area contributed by atoms with E-state index in [2.05, 4.69) is 43.9 Å². The second-order valence-corrected chi connectivity index (χ2v) is 8.01. The smallest absolute Gasteiger partial charge is 0.191 e. The van der Waals surface area contributed by atoms with E-state index in [0.29, 0.717) is 12.5 Å². The number of piperidine rings is 1. The van der Waals surface area contributed by atoms with E-state index in [-0.39, 0.29) is 24.0 Å². The molecule has 28 heavy (non-hydrogen) atoms. The Morgan fingerprint density at radius 1 is 1.00 bits per heavy atom. The fourth-order valence-corrected chi connectivity index (χ4v) is 4.55. The van der Waals surface area contributed by atoms with Crippen LogP contribution < -0.4 is 15.5 Å². The molecular formula is C20H29IN6S. The van der Waals surface area contributed by atoms with E-state index in [1.54, 1.807) is 11.3 Å². The van der Waals surface area contributed by atoms with Gasteiger partial charge in [0.2, 0.25) is 0 Å². The Morgan fingerprint density at radius 3 is 2.46 bits per heavy atom. The molecule has 2 fully saturated rings. The molecule has 2 saturated heterocycles. The number of hydrogen-bond donors (Lipinski definition) is 1. The Balaban J connectivity index is 0.00000225. The first kappa shape index (κ1) is 21.2. The first-order chi connectivity index (χ1) is 13.3. The van der Waals surface area contributed by atoms with Gasteiger partial charge in [0.15, 0.2) is 11.1 Å². The van der Waals surface area contributed by atoms with Crippen molar-refractivity contribution in [1.82, 2.24) is 9.88 Å². The second-order valence-electron chi connectivity index (χ2n) is 7.14. The number of halogens is 1. The molecule has 8 heteroatoms. The van der Waals surface area contributed by atoms with Gasteiger partial charge in [-0.05, 0) is 30.9 Å². The molecule has 2 aliphatic rings. The zero-order valence-corrected chi connectivity index (χ0v) is 19.3. The Kier molecular flexibility index (Phi) is 7.78. The van der Waals surface area contributed by atoms with E-state index in [1.165, 1.54) is 30.5 Å². The van der Waals surface area contributed by atoms with Gasteiger partial charge in [0.25, 0.3) is 0 Å². The highest BCUT2D eigenvalue weighted by Gasteiger charge is 2.20. The minimum atomic E-state index is 0. The van der Waals surface area contributed by atoms with E-state index >= 15 is 0 Å². The lowest BCUT2D eigenvalue weighted by atomic mass is 10.1. The molecule has 0 atom stereocenters. The van der Waals surface area contributed by atoms with Gasteiger partial charge < -0.3 is 20.4 Å². The predicted octanol–water partition coefficient (Wildman–Crippen LogP) is 3.39. The number of hydrogen-bond acceptors (Lipinski definition) is 5. The average Bonchev–Trinajstić information content (AvgIpc) is 3.28. The summed E-state index contributed by atoms with van der Waals surface area (Å²) in [5.74, 6) is 0.655. The fourth-order valence-electron chi connectivity index (χ4n) is 3.85. The van der Waals surface area contributed by atoms with Crippen LogP contribution in [0.2, 0.25) is 0 Å². The quantitative estimate of drug-likeness (QED) is 0.387. The number of piperazine rings is 1. The van der Waals surface area contributed by atoms with Gasteiger partial charge in [0, 0.05) is 56.5 Å². The molecule has 1 aromatic heterocycles. The third-order valence-electron chi connectivity index (χ3n) is 5.39. The van der Waals surface area contributed by atoms with Gasteiger partial charge in [-0.2, -0.15) is 0 Å². The largest absolute Gasteiger partial charge is 0.371 e. The van der Waals surface area contributed by atoms with Crippen molar-refractivity contribution in [3.8, 4) is 0 Å². The van der Waals surface area contributed by atoms with Crippen molar-refractivity contribution in [2.24, 2.45) is 10.7 Å². The molecule has 0 aliphatic carbocycles. The van der Waals surface area contributed by atoms with Gasteiger partial charge >= 0.3 is 0 Å². The topological polar surface area (TPSA) is 61.0 Å². The van der Waals surface area contributed by atoms with Crippen LogP contribution >= 0.6 is 35.3 Å². The summed E-state index contributed by atoms with van der Waals surface area (Å²) in [7, 11) is 0. The number of guanidine groups is 1. The van der Waals surface area contributed by atoms with E-state index in [0.717, 1.165) is 44.4 Å². The lowest BCUT2D eigenvalue weighted by Crippen LogP contribution is -2.51. The third kappa shape index (κ3) is 5.08. The summed E-state index contributed by atoms with van der Waals surface area (Å²) in [6.07, 6.45) is 5.77. The molecule has 0 amide bonds. The number of aliphatic imine (C=N–C) groups is 1. The van der Waals surface area contributed by atoms with Gasteiger partial charge in [0.1, 0.15) is 0 Å². The second kappa shape index (κ2) is 10.3. The van der Waals surface area contributed by atoms with Crippen molar-refractivity contribution in [1.29, 1.82) is 0 Å². The number of benzene rings is 1. The first-order valence-electron chi connectivity index (χ1n) is 9.83. The highest BCUT2D eigenvalue weighted by molar-refractivity contribution is 14.0. The molecule has 6 nitrogen and oxygen atoms in total. The lowest BCUT2D eigenvalue weighted by molar-refractivity contribution is 0.380. The van der Waals surface area contributed by atoms with Crippen LogP contribution in [0.4, 0.5) is 10.8 Å². The number of rotatable bonds is 4. The summed E-state index contributed by atoms with van der Waals surface area (Å²) in [6.45, 7) is 6.60. The van der Waals surface area contributed by atoms with Crippen LogP contribution in [0.3, 0.4) is 0 Å². The van der Waals surface area contributed by atoms with Crippen LogP contribution in [-0.2, 0) is 6.54 Å². The lowest BCUT2D eigenvalue weighted by Gasteiger charge is -2.35. The standard InChI is InChI=1S/C20H28N6S.HI/c21-19(25-11-13-26(14-12-25)20-22-8-15-27-20)23-16-17-6-2-3-7-18(17)24-9-4-1-5-10-24;/h2-3,6-8,15H,1,4-5,9-14,16H2,(H2,21,23);1H. The minimum Gasteiger partial charge on any atom is -0.371 e. The zero-order valence-electron chi connectivity index (χ0n) is 16.2. The maximum absolute atomic E-state index is 6.32. The Bertz CT molecular complexity index is 752. The zero-order chi connectivity index (χ0) is 18.5. The van der Waals surface area contributed by atoms with Crippen LogP contribution in [0, 0.1) is 0 Å². The van der Waals surface area contributed by atoms with Gasteiger partial charge in [-0.3, -0.25) is 0 Å². The van der Waals surface area contributed by atoms with Crippen LogP contribution in [0.1, 0.15) is 24.8 Å². The van der Waals surface area contributed by atoms with E-state index in [4.69, 9.17) is 10.7 Å². The van der Waals surface area contributed by atoms with Gasteiger partial charge in [-0.25, -0.2) is 9.98 Å². The number of aromatic nitrogens is 1. The first-order valence-corrected chi connectivity index (χ1v) is 10.7. The van der Waals surface area contributed by atoms with Crippen LogP contribution in [0.15, 0.2) is 40.8 Å². The summed E-state index contributed by atoms with van der Waals surface area (Å²) in [5, 5.41) is 3.12. The van der Waals surface area contributed by atoms with Gasteiger partial charge in [-0.1, -0.05) is 18.2 Å². The SMILES string of the molecule is I.NC(=NCc1ccccc1N1CCCCC1)N1CCN(c2nccs2)CC1. The molecule has 2 aliphatic heterocycles. The average molecular weight is 512 g/mol. The minimum absolute atomic E-state index is 0. The summed E-state index contributed by atoms with van der Waals surface area (Å²) < 4.78 is 0. The molecule has 2 aromatic rings. The molecule has 0 saturated carbocycles. The summed E-state index contributed by atoms with van der Waals surface area (Å²) in [4.78, 5) is 16.1. The van der Waals surface area contributed by atoms with Crippen LogP contribution in [-0.4, -0.2) is 55.1 Å². The maximum Gasteiger partial charge on any atom is 0.191 e. The van der Waals surface area contributed by atoms with Crippen molar-refractivity contribution < 1.29 is 0 Å². The molecular weight excluding hydrogens is 483 g/mol. The highest BCUT2D eigenvalue weighted by atomic mass is 127.